The second-order valence-electron chi connectivity index (χ2n) is 5.16. The van der Waals surface area contributed by atoms with Gasteiger partial charge in [-0.3, -0.25) is 4.99 Å². The molecule has 0 aliphatic carbocycles. The van der Waals surface area contributed by atoms with Gasteiger partial charge in [-0.1, -0.05) is 22.0 Å². The Morgan fingerprint density at radius 2 is 2.09 bits per heavy atom. The van der Waals surface area contributed by atoms with Crippen LogP contribution in [0.3, 0.4) is 0 Å². The molecule has 5 nitrogen and oxygen atoms in total. The van der Waals surface area contributed by atoms with E-state index in [-0.39, 0.29) is 11.6 Å². The first-order chi connectivity index (χ1) is 10.8. The molecule has 0 aliphatic rings. The van der Waals surface area contributed by atoms with E-state index in [1.807, 2.05) is 13.0 Å². The summed E-state index contributed by atoms with van der Waals surface area (Å²) in [4.78, 5) is 4.36. The highest BCUT2D eigenvalue weighted by Crippen LogP contribution is 2.16. The van der Waals surface area contributed by atoms with E-state index in [0.717, 1.165) is 4.47 Å². The Labute approximate surface area is 145 Å². The Balaban J connectivity index is 2.44. The number of hydrogen-bond donors (Lipinski definition) is 2. The van der Waals surface area contributed by atoms with E-state index < -0.39 is 9.84 Å². The van der Waals surface area contributed by atoms with E-state index in [1.165, 1.54) is 12.3 Å². The van der Waals surface area contributed by atoms with E-state index in [2.05, 4.69) is 31.6 Å². The van der Waals surface area contributed by atoms with Crippen LogP contribution >= 0.6 is 15.9 Å². The van der Waals surface area contributed by atoms with Crippen molar-refractivity contribution in [3.8, 4) is 0 Å². The molecule has 1 aromatic rings. The van der Waals surface area contributed by atoms with Gasteiger partial charge in [-0.25, -0.2) is 12.8 Å². The zero-order valence-corrected chi connectivity index (χ0v) is 15.8. The summed E-state index contributed by atoms with van der Waals surface area (Å²) in [7, 11) is -3.00. The lowest BCUT2D eigenvalue weighted by Gasteiger charge is -2.10. The molecule has 23 heavy (non-hydrogen) atoms. The molecule has 0 unspecified atom stereocenters. The quantitative estimate of drug-likeness (QED) is 0.393. The Morgan fingerprint density at radius 1 is 1.35 bits per heavy atom. The summed E-state index contributed by atoms with van der Waals surface area (Å²) in [5, 5.41) is 6.02. The maximum absolute atomic E-state index is 13.7. The van der Waals surface area contributed by atoms with Gasteiger partial charge in [-0.15, -0.1) is 0 Å². The van der Waals surface area contributed by atoms with Gasteiger partial charge in [0.2, 0.25) is 0 Å². The molecule has 0 heterocycles. The maximum Gasteiger partial charge on any atom is 0.191 e. The van der Waals surface area contributed by atoms with Gasteiger partial charge in [0.25, 0.3) is 0 Å². The smallest absolute Gasteiger partial charge is 0.191 e. The molecule has 0 spiro atoms. The number of hydrogen-bond acceptors (Lipinski definition) is 3. The van der Waals surface area contributed by atoms with E-state index >= 15 is 0 Å². The second-order valence-corrected chi connectivity index (χ2v) is 8.33. The highest BCUT2D eigenvalue weighted by Gasteiger charge is 2.04. The van der Waals surface area contributed by atoms with Gasteiger partial charge in [0.05, 0.1) is 5.75 Å². The van der Waals surface area contributed by atoms with Crippen LogP contribution in [0.5, 0.6) is 0 Å². The highest BCUT2D eigenvalue weighted by molar-refractivity contribution is 9.10. The number of nitrogens with one attached hydrogen (secondary N) is 2. The van der Waals surface area contributed by atoms with Gasteiger partial charge in [-0.05, 0) is 37.5 Å². The topological polar surface area (TPSA) is 70.6 Å². The number of guanidine groups is 1. The summed E-state index contributed by atoms with van der Waals surface area (Å²) in [6.07, 6.45) is 2.51. The number of rotatable bonds is 8. The van der Waals surface area contributed by atoms with Crippen molar-refractivity contribution >= 4 is 31.7 Å². The maximum atomic E-state index is 13.7. The third kappa shape index (κ3) is 8.90. The van der Waals surface area contributed by atoms with E-state index in [1.54, 1.807) is 6.07 Å². The number of benzene rings is 1. The molecule has 0 atom stereocenters. The molecule has 2 N–H and O–H groups in total. The molecule has 8 heteroatoms. The van der Waals surface area contributed by atoms with E-state index in [0.29, 0.717) is 44.0 Å². The number of halogens is 2. The summed E-state index contributed by atoms with van der Waals surface area (Å²) in [6.45, 7) is 3.47. The fourth-order valence-corrected chi connectivity index (χ4v) is 2.69. The first-order valence-corrected chi connectivity index (χ1v) is 10.3. The molecule has 130 valence electrons. The molecule has 0 amide bonds. The van der Waals surface area contributed by atoms with Crippen molar-refractivity contribution in [1.82, 2.24) is 10.6 Å². The van der Waals surface area contributed by atoms with Crippen molar-refractivity contribution in [1.29, 1.82) is 0 Å². The molecule has 0 saturated carbocycles. The van der Waals surface area contributed by atoms with Crippen molar-refractivity contribution < 1.29 is 12.8 Å². The average molecular weight is 408 g/mol. The van der Waals surface area contributed by atoms with Crippen LogP contribution in [0.15, 0.2) is 27.7 Å². The summed E-state index contributed by atoms with van der Waals surface area (Å²) >= 11 is 3.23. The first kappa shape index (κ1) is 19.9. The van der Waals surface area contributed by atoms with Crippen LogP contribution < -0.4 is 10.6 Å². The predicted octanol–water partition coefficient (Wildman–Crippen LogP) is 2.12. The lowest BCUT2D eigenvalue weighted by Crippen LogP contribution is -2.39. The summed E-state index contributed by atoms with van der Waals surface area (Å²) < 4.78 is 36.6. The molecule has 0 radical (unpaired) electrons. The van der Waals surface area contributed by atoms with Crippen molar-refractivity contribution in [2.75, 3.05) is 31.6 Å². The highest BCUT2D eigenvalue weighted by atomic mass is 79.9. The van der Waals surface area contributed by atoms with Crippen LogP contribution in [-0.2, 0) is 16.3 Å². The number of sulfone groups is 1. The Hall–Kier alpha value is -1.15. The molecular formula is C15H23BrFN3O2S. The lowest BCUT2D eigenvalue weighted by atomic mass is 10.1. The molecule has 0 saturated heterocycles. The van der Waals surface area contributed by atoms with Gasteiger partial charge in [0.15, 0.2) is 5.96 Å². The van der Waals surface area contributed by atoms with Gasteiger partial charge in [0.1, 0.15) is 15.7 Å². The van der Waals surface area contributed by atoms with Crippen molar-refractivity contribution in [2.24, 2.45) is 4.99 Å². The monoisotopic (exact) mass is 407 g/mol. The van der Waals surface area contributed by atoms with Crippen LogP contribution in [0, 0.1) is 5.82 Å². The van der Waals surface area contributed by atoms with E-state index in [9.17, 15) is 12.8 Å². The minimum Gasteiger partial charge on any atom is -0.357 e. The third-order valence-corrected chi connectivity index (χ3v) is 4.44. The van der Waals surface area contributed by atoms with Gasteiger partial charge in [0, 0.05) is 30.4 Å². The standard InChI is InChI=1S/C15H23BrFN3O2S/c1-3-18-15(20-9-10-23(2,21)22)19-8-4-5-12-6-7-13(16)11-14(12)17/h6-7,11H,3-5,8-10H2,1-2H3,(H2,18,19,20). The average Bonchev–Trinajstić information content (AvgIpc) is 2.44. The van der Waals surface area contributed by atoms with Crippen molar-refractivity contribution in [2.45, 2.75) is 19.8 Å². The van der Waals surface area contributed by atoms with Crippen LogP contribution in [0.1, 0.15) is 18.9 Å². The largest absolute Gasteiger partial charge is 0.357 e. The molecular weight excluding hydrogens is 385 g/mol. The SMILES string of the molecule is CCNC(=NCCCc1ccc(Br)cc1F)NCCS(C)(=O)=O. The van der Waals surface area contributed by atoms with Gasteiger partial charge < -0.3 is 10.6 Å². The van der Waals surface area contributed by atoms with Gasteiger partial charge in [-0.2, -0.15) is 0 Å². The Bertz CT molecular complexity index is 636. The zero-order valence-electron chi connectivity index (χ0n) is 13.4. The number of aryl methyl sites for hydroxylation is 1. The molecule has 0 bridgehead atoms. The fraction of sp³-hybridized carbons (Fsp3) is 0.533. The van der Waals surface area contributed by atoms with E-state index in [4.69, 9.17) is 0 Å². The molecule has 0 aromatic heterocycles. The first-order valence-electron chi connectivity index (χ1n) is 7.45. The number of aliphatic imine (C=N–C) groups is 1. The summed E-state index contributed by atoms with van der Waals surface area (Å²) in [5.74, 6) is 0.413. The normalized spacial score (nSPS) is 12.3. The number of nitrogens with zero attached hydrogens (tertiary/aromatic N) is 1. The van der Waals surface area contributed by atoms with Crippen LogP contribution in [0.4, 0.5) is 4.39 Å². The van der Waals surface area contributed by atoms with Crippen LogP contribution in [0.25, 0.3) is 0 Å². The Kier molecular flexibility index (Phi) is 8.54. The molecule has 0 fully saturated rings. The van der Waals surface area contributed by atoms with Crippen molar-refractivity contribution in [3.63, 3.8) is 0 Å². The molecule has 0 aliphatic heterocycles. The predicted molar refractivity (Wildman–Crippen MR) is 96.1 cm³/mol. The van der Waals surface area contributed by atoms with Crippen LogP contribution in [-0.4, -0.2) is 46.0 Å². The molecule has 1 rings (SSSR count). The fourth-order valence-electron chi connectivity index (χ4n) is 1.88. The van der Waals surface area contributed by atoms with Gasteiger partial charge >= 0.3 is 0 Å². The van der Waals surface area contributed by atoms with Crippen LogP contribution in [0.2, 0.25) is 0 Å². The summed E-state index contributed by atoms with van der Waals surface area (Å²) in [6, 6.07) is 5.03. The minimum absolute atomic E-state index is 0.0571. The minimum atomic E-state index is -3.00. The Morgan fingerprint density at radius 3 is 2.70 bits per heavy atom. The molecule has 1 aromatic carbocycles. The zero-order chi connectivity index (χ0) is 17.3. The second kappa shape index (κ2) is 9.87. The lowest BCUT2D eigenvalue weighted by molar-refractivity contribution is 0.600. The third-order valence-electron chi connectivity index (χ3n) is 3.00. The summed E-state index contributed by atoms with van der Waals surface area (Å²) in [5.41, 5.74) is 0.665. The van der Waals surface area contributed by atoms with Crippen molar-refractivity contribution in [3.05, 3.63) is 34.1 Å².